The van der Waals surface area contributed by atoms with Gasteiger partial charge >= 0.3 is 0 Å². The number of aryl methyl sites for hydroxylation is 1. The third-order valence-electron chi connectivity index (χ3n) is 8.28. The molecule has 1 aromatic heterocycles. The molecule has 2 aromatic rings. The molecular weight excluding hydrogens is 466 g/mol. The molecule has 0 bridgehead atoms. The van der Waals surface area contributed by atoms with Crippen LogP contribution in [0.15, 0.2) is 42.7 Å². The number of fused-ring (bicyclic) bond motifs is 1. The van der Waals surface area contributed by atoms with Gasteiger partial charge in [-0.25, -0.2) is 4.57 Å². The largest absolute Gasteiger partial charge is 0.493 e. The van der Waals surface area contributed by atoms with Crippen molar-refractivity contribution in [3.8, 4) is 5.75 Å². The van der Waals surface area contributed by atoms with Gasteiger partial charge in [0, 0.05) is 37.5 Å². The number of hydrogen-bond donors (Lipinski definition) is 0. The van der Waals surface area contributed by atoms with Gasteiger partial charge in [0.1, 0.15) is 18.5 Å². The number of likely N-dealkylation sites (tertiary alicyclic amines) is 1. The Kier molecular flexibility index (Phi) is 8.43. The summed E-state index contributed by atoms with van der Waals surface area (Å²) in [5.74, 6) is 2.00. The summed E-state index contributed by atoms with van der Waals surface area (Å²) in [5, 5.41) is 0. The maximum Gasteiger partial charge on any atom is 0.241 e. The van der Waals surface area contributed by atoms with Gasteiger partial charge in [0.05, 0.1) is 26.4 Å². The number of benzene rings is 1. The minimum Gasteiger partial charge on any atom is -0.493 e. The normalized spacial score (nSPS) is 23.8. The lowest BCUT2D eigenvalue weighted by Crippen LogP contribution is -2.44. The van der Waals surface area contributed by atoms with Gasteiger partial charge in [-0.2, -0.15) is 0 Å². The van der Waals surface area contributed by atoms with Crippen molar-refractivity contribution in [2.45, 2.75) is 64.2 Å². The van der Waals surface area contributed by atoms with Crippen molar-refractivity contribution in [1.82, 2.24) is 4.90 Å². The van der Waals surface area contributed by atoms with Gasteiger partial charge in [-0.1, -0.05) is 32.4 Å². The number of pyridine rings is 1. The van der Waals surface area contributed by atoms with Crippen LogP contribution in [0.3, 0.4) is 0 Å². The highest BCUT2D eigenvalue weighted by atomic mass is 16.7. The molecule has 0 unspecified atom stereocenters. The minimum atomic E-state index is -0.119. The topological polar surface area (TPSA) is 55.1 Å². The summed E-state index contributed by atoms with van der Waals surface area (Å²) in [6.07, 6.45) is 8.76. The Balaban J connectivity index is 1.35. The standard InChI is InChI=1S/C30H42N3O4/c1-4-5-14-33(25-7-6-13-31(3)19-25)29(34)21-32-20-26(23-8-10-28-24(18-23)12-15-35-28)22(2)27(32)9-11-30-36-16-17-37-30/h6-8,10,13,18-19,22,26-27,30H,4-5,9,11-12,14-17,20-21H2,1-3H3/q+1/t22-,26+,27+/m1/s1. The number of nitrogens with zero attached hydrogens (tertiary/aromatic N) is 3. The average molecular weight is 509 g/mol. The van der Waals surface area contributed by atoms with Gasteiger partial charge in [-0.05, 0) is 48.4 Å². The van der Waals surface area contributed by atoms with E-state index in [4.69, 9.17) is 14.2 Å². The molecule has 4 heterocycles. The SMILES string of the molecule is CCCCN(C(=O)CN1C[C@H](c2ccc3c(c2)CCO3)[C@@H](C)[C@@H]1CCC1OCCO1)c1ccc[n+](C)c1. The smallest absolute Gasteiger partial charge is 0.241 e. The summed E-state index contributed by atoms with van der Waals surface area (Å²) < 4.78 is 19.3. The maximum absolute atomic E-state index is 13.8. The summed E-state index contributed by atoms with van der Waals surface area (Å²) in [7, 11) is 2.00. The number of aromatic nitrogens is 1. The second-order valence-electron chi connectivity index (χ2n) is 10.8. The quantitative estimate of drug-likeness (QED) is 0.457. The third kappa shape index (κ3) is 6.00. The van der Waals surface area contributed by atoms with Crippen molar-refractivity contribution in [2.24, 2.45) is 13.0 Å². The van der Waals surface area contributed by atoms with Gasteiger partial charge < -0.3 is 19.1 Å². The fraction of sp³-hybridized carbons (Fsp3) is 0.600. The second-order valence-corrected chi connectivity index (χ2v) is 10.8. The Morgan fingerprint density at radius 3 is 2.78 bits per heavy atom. The van der Waals surface area contributed by atoms with Crippen LogP contribution < -0.4 is 14.2 Å². The summed E-state index contributed by atoms with van der Waals surface area (Å²) in [6.45, 7) is 8.70. The molecular formula is C30H42N3O4+. The molecule has 2 saturated heterocycles. The summed E-state index contributed by atoms with van der Waals surface area (Å²) in [4.78, 5) is 18.2. The number of unbranched alkanes of at least 4 members (excludes halogenated alkanes) is 1. The zero-order valence-corrected chi connectivity index (χ0v) is 22.6. The van der Waals surface area contributed by atoms with Crippen LogP contribution in [0.1, 0.15) is 56.6 Å². The van der Waals surface area contributed by atoms with Crippen molar-refractivity contribution in [3.63, 3.8) is 0 Å². The number of amides is 1. The summed E-state index contributed by atoms with van der Waals surface area (Å²) in [5.41, 5.74) is 3.64. The lowest BCUT2D eigenvalue weighted by atomic mass is 9.84. The number of ether oxygens (including phenoxy) is 3. The lowest BCUT2D eigenvalue weighted by molar-refractivity contribution is -0.670. The Labute approximate surface area is 221 Å². The average Bonchev–Trinajstić information content (AvgIpc) is 3.64. The lowest BCUT2D eigenvalue weighted by Gasteiger charge is -2.30. The number of carbonyl (C=O) groups is 1. The fourth-order valence-electron chi connectivity index (χ4n) is 6.21. The highest BCUT2D eigenvalue weighted by Gasteiger charge is 2.41. The van der Waals surface area contributed by atoms with Crippen LogP contribution in [0, 0.1) is 5.92 Å². The Morgan fingerprint density at radius 1 is 1.16 bits per heavy atom. The zero-order chi connectivity index (χ0) is 25.8. The summed E-state index contributed by atoms with van der Waals surface area (Å²) in [6, 6.07) is 11.1. The van der Waals surface area contributed by atoms with E-state index in [-0.39, 0.29) is 12.2 Å². The van der Waals surface area contributed by atoms with Gasteiger partial charge in [-0.15, -0.1) is 0 Å². The van der Waals surface area contributed by atoms with E-state index in [9.17, 15) is 4.79 Å². The molecule has 2 fully saturated rings. The van der Waals surface area contributed by atoms with Crippen molar-refractivity contribution in [1.29, 1.82) is 0 Å². The van der Waals surface area contributed by atoms with Gasteiger partial charge in [0.2, 0.25) is 5.91 Å². The number of carbonyl (C=O) groups excluding carboxylic acids is 1. The Hall–Kier alpha value is -2.48. The van der Waals surface area contributed by atoms with Crippen LogP contribution in [0.5, 0.6) is 5.75 Å². The van der Waals surface area contributed by atoms with E-state index >= 15 is 0 Å². The number of anilines is 1. The molecule has 0 saturated carbocycles. The van der Waals surface area contributed by atoms with E-state index in [0.717, 1.165) is 63.2 Å². The molecule has 7 nitrogen and oxygen atoms in total. The first-order valence-corrected chi connectivity index (χ1v) is 14.0. The number of hydrogen-bond acceptors (Lipinski definition) is 5. The molecule has 0 aliphatic carbocycles. The molecule has 3 aliphatic rings. The molecule has 0 radical (unpaired) electrons. The van der Waals surface area contributed by atoms with E-state index in [1.807, 2.05) is 41.0 Å². The first kappa shape index (κ1) is 26.1. The first-order valence-electron chi connectivity index (χ1n) is 14.0. The molecule has 0 spiro atoms. The van der Waals surface area contributed by atoms with Crippen molar-refractivity contribution in [3.05, 3.63) is 53.9 Å². The number of rotatable bonds is 10. The fourth-order valence-corrected chi connectivity index (χ4v) is 6.21. The van der Waals surface area contributed by atoms with Crippen molar-refractivity contribution >= 4 is 11.6 Å². The minimum absolute atomic E-state index is 0.119. The molecule has 0 N–H and O–H groups in total. The van der Waals surface area contributed by atoms with Crippen LogP contribution in [0.2, 0.25) is 0 Å². The van der Waals surface area contributed by atoms with Crippen molar-refractivity contribution in [2.75, 3.05) is 44.4 Å². The molecule has 1 aromatic carbocycles. The highest BCUT2D eigenvalue weighted by molar-refractivity contribution is 5.94. The predicted octanol–water partition coefficient (Wildman–Crippen LogP) is 3.84. The van der Waals surface area contributed by atoms with Crippen LogP contribution >= 0.6 is 0 Å². The predicted molar refractivity (Wildman–Crippen MR) is 143 cm³/mol. The van der Waals surface area contributed by atoms with Crippen LogP contribution in [-0.4, -0.2) is 62.6 Å². The van der Waals surface area contributed by atoms with Gasteiger partial charge in [-0.3, -0.25) is 9.69 Å². The molecule has 3 aliphatic heterocycles. The second kappa shape index (κ2) is 11.9. The van der Waals surface area contributed by atoms with E-state index in [2.05, 4.69) is 36.9 Å². The van der Waals surface area contributed by atoms with Crippen molar-refractivity contribution < 1.29 is 23.6 Å². The summed E-state index contributed by atoms with van der Waals surface area (Å²) >= 11 is 0. The van der Waals surface area contributed by atoms with Crippen LogP contribution in [-0.2, 0) is 27.7 Å². The van der Waals surface area contributed by atoms with E-state index < -0.39 is 0 Å². The van der Waals surface area contributed by atoms with Crippen LogP contribution in [0.4, 0.5) is 5.69 Å². The molecule has 3 atom stereocenters. The third-order valence-corrected chi connectivity index (χ3v) is 8.28. The maximum atomic E-state index is 13.8. The molecule has 1 amide bonds. The monoisotopic (exact) mass is 508 g/mol. The Bertz CT molecular complexity index is 1070. The molecule has 200 valence electrons. The Morgan fingerprint density at radius 2 is 2.00 bits per heavy atom. The van der Waals surface area contributed by atoms with Gasteiger partial charge in [0.15, 0.2) is 18.7 Å². The zero-order valence-electron chi connectivity index (χ0n) is 22.6. The molecule has 5 rings (SSSR count). The molecule has 37 heavy (non-hydrogen) atoms. The first-order chi connectivity index (χ1) is 18.0. The van der Waals surface area contributed by atoms with Gasteiger partial charge in [0.25, 0.3) is 0 Å². The molecule has 7 heteroatoms. The van der Waals surface area contributed by atoms with E-state index in [1.54, 1.807) is 0 Å². The van der Waals surface area contributed by atoms with E-state index in [0.29, 0.717) is 37.6 Å². The van der Waals surface area contributed by atoms with Crippen LogP contribution in [0.25, 0.3) is 0 Å². The highest BCUT2D eigenvalue weighted by Crippen LogP contribution is 2.41. The van der Waals surface area contributed by atoms with E-state index in [1.165, 1.54) is 11.1 Å².